The maximum absolute atomic E-state index is 12.9. The molecule has 35 heavy (non-hydrogen) atoms. The van der Waals surface area contributed by atoms with Crippen LogP contribution in [0.3, 0.4) is 0 Å². The normalized spacial score (nSPS) is 10.7. The summed E-state index contributed by atoms with van der Waals surface area (Å²) in [6, 6.07) is 21.6. The number of carbonyl (C=O) groups is 2. The van der Waals surface area contributed by atoms with Crippen molar-refractivity contribution in [1.29, 1.82) is 0 Å². The molecule has 0 aliphatic rings. The van der Waals surface area contributed by atoms with Gasteiger partial charge in [-0.25, -0.2) is 4.68 Å². The molecule has 0 aliphatic carbocycles. The number of pyridine rings is 1. The molecule has 0 atom stereocenters. The number of nitrogens with one attached hydrogen (secondary N) is 2. The van der Waals surface area contributed by atoms with E-state index in [1.165, 1.54) is 0 Å². The van der Waals surface area contributed by atoms with Crippen molar-refractivity contribution >= 4 is 17.6 Å². The third kappa shape index (κ3) is 6.20. The van der Waals surface area contributed by atoms with Gasteiger partial charge in [-0.05, 0) is 61.2 Å². The standard InChI is InChI=1S/C28H29N5O2/c1-20-8-6-11-24(18-20)33-28(27(21(2)32-33)23-9-4-3-5-10-23)31-26(35)13-7-12-25(34)30-19-22-14-16-29-17-15-22/h3-6,8-11,14-18H,7,12-13,19H2,1-2H3,(H,30,34)(H,31,35). The van der Waals surface area contributed by atoms with Crippen molar-refractivity contribution in [3.63, 3.8) is 0 Å². The van der Waals surface area contributed by atoms with E-state index in [4.69, 9.17) is 5.10 Å². The Kier molecular flexibility index (Phi) is 7.67. The van der Waals surface area contributed by atoms with Crippen molar-refractivity contribution in [2.75, 3.05) is 5.32 Å². The Labute approximate surface area is 205 Å². The Balaban J connectivity index is 1.45. The second-order valence-electron chi connectivity index (χ2n) is 8.46. The molecule has 0 saturated carbocycles. The van der Waals surface area contributed by atoms with E-state index >= 15 is 0 Å². The lowest BCUT2D eigenvalue weighted by molar-refractivity contribution is -0.121. The molecule has 4 rings (SSSR count). The zero-order valence-electron chi connectivity index (χ0n) is 20.0. The highest BCUT2D eigenvalue weighted by Gasteiger charge is 2.20. The van der Waals surface area contributed by atoms with E-state index in [0.29, 0.717) is 18.8 Å². The number of nitrogens with zero attached hydrogens (tertiary/aromatic N) is 3. The number of hydrogen-bond acceptors (Lipinski definition) is 4. The summed E-state index contributed by atoms with van der Waals surface area (Å²) in [5.41, 5.74) is 5.65. The average Bonchev–Trinajstić information content (AvgIpc) is 3.19. The number of aryl methyl sites for hydroxylation is 2. The average molecular weight is 468 g/mol. The highest BCUT2D eigenvalue weighted by atomic mass is 16.2. The maximum atomic E-state index is 12.9. The van der Waals surface area contributed by atoms with Gasteiger partial charge in [-0.1, -0.05) is 42.5 Å². The monoisotopic (exact) mass is 467 g/mol. The summed E-state index contributed by atoms with van der Waals surface area (Å²) in [6.07, 6.45) is 4.35. The van der Waals surface area contributed by atoms with E-state index < -0.39 is 0 Å². The predicted molar refractivity (Wildman–Crippen MR) is 137 cm³/mol. The lowest BCUT2D eigenvalue weighted by Gasteiger charge is -2.12. The van der Waals surface area contributed by atoms with Crippen LogP contribution in [0.15, 0.2) is 79.1 Å². The van der Waals surface area contributed by atoms with Gasteiger partial charge in [0.1, 0.15) is 5.82 Å². The number of aromatic nitrogens is 3. The molecule has 2 aromatic heterocycles. The van der Waals surface area contributed by atoms with Crippen molar-refractivity contribution < 1.29 is 9.59 Å². The second kappa shape index (κ2) is 11.2. The first-order valence-corrected chi connectivity index (χ1v) is 11.7. The molecular formula is C28H29N5O2. The smallest absolute Gasteiger partial charge is 0.225 e. The minimum atomic E-state index is -0.155. The predicted octanol–water partition coefficient (Wildman–Crippen LogP) is 4.98. The fourth-order valence-electron chi connectivity index (χ4n) is 3.93. The highest BCUT2D eigenvalue weighted by molar-refractivity contribution is 5.95. The van der Waals surface area contributed by atoms with Crippen molar-refractivity contribution in [3.05, 3.63) is 95.9 Å². The minimum Gasteiger partial charge on any atom is -0.352 e. The van der Waals surface area contributed by atoms with Gasteiger partial charge in [-0.15, -0.1) is 0 Å². The van der Waals surface area contributed by atoms with E-state index in [9.17, 15) is 9.59 Å². The number of carbonyl (C=O) groups excluding carboxylic acids is 2. The van der Waals surface area contributed by atoms with Crippen LogP contribution in [-0.2, 0) is 16.1 Å². The first-order chi connectivity index (χ1) is 17.0. The van der Waals surface area contributed by atoms with Crippen LogP contribution >= 0.6 is 0 Å². The minimum absolute atomic E-state index is 0.0831. The van der Waals surface area contributed by atoms with Gasteiger partial charge in [0.05, 0.1) is 11.4 Å². The molecule has 0 fully saturated rings. The molecule has 4 aromatic rings. The Hall–Kier alpha value is -4.26. The van der Waals surface area contributed by atoms with E-state index in [1.54, 1.807) is 17.1 Å². The van der Waals surface area contributed by atoms with E-state index in [1.807, 2.05) is 80.6 Å². The fraction of sp³-hybridized carbons (Fsp3) is 0.214. The molecule has 0 unspecified atom stereocenters. The highest BCUT2D eigenvalue weighted by Crippen LogP contribution is 2.33. The summed E-state index contributed by atoms with van der Waals surface area (Å²) < 4.78 is 1.78. The van der Waals surface area contributed by atoms with Gasteiger partial charge in [-0.3, -0.25) is 14.6 Å². The summed E-state index contributed by atoms with van der Waals surface area (Å²) in [4.78, 5) is 29.1. The first-order valence-electron chi connectivity index (χ1n) is 11.7. The second-order valence-corrected chi connectivity index (χ2v) is 8.46. The number of hydrogen-bond donors (Lipinski definition) is 2. The van der Waals surface area contributed by atoms with Gasteiger partial charge in [-0.2, -0.15) is 5.10 Å². The molecule has 0 radical (unpaired) electrons. The van der Waals surface area contributed by atoms with Crippen LogP contribution < -0.4 is 10.6 Å². The molecule has 0 spiro atoms. The first kappa shape index (κ1) is 23.9. The van der Waals surface area contributed by atoms with E-state index in [2.05, 4.69) is 15.6 Å². The van der Waals surface area contributed by atoms with Crippen molar-refractivity contribution in [2.45, 2.75) is 39.7 Å². The number of anilines is 1. The zero-order chi connectivity index (χ0) is 24.6. The summed E-state index contributed by atoms with van der Waals surface area (Å²) in [7, 11) is 0. The SMILES string of the molecule is Cc1cccc(-n2nc(C)c(-c3ccccc3)c2NC(=O)CCCC(=O)NCc2ccncc2)c1. The summed E-state index contributed by atoms with van der Waals surface area (Å²) in [5.74, 6) is 0.393. The molecule has 0 saturated heterocycles. The van der Waals surface area contributed by atoms with Crippen LogP contribution in [0.2, 0.25) is 0 Å². The van der Waals surface area contributed by atoms with Gasteiger partial charge in [0.25, 0.3) is 0 Å². The topological polar surface area (TPSA) is 88.9 Å². The van der Waals surface area contributed by atoms with Crippen LogP contribution in [0.1, 0.15) is 36.1 Å². The zero-order valence-corrected chi connectivity index (χ0v) is 20.0. The summed E-state index contributed by atoms with van der Waals surface area (Å²) in [6.45, 7) is 4.41. The quantitative estimate of drug-likeness (QED) is 0.363. The molecule has 178 valence electrons. The van der Waals surface area contributed by atoms with Gasteiger partial charge < -0.3 is 10.6 Å². The molecule has 2 aromatic carbocycles. The van der Waals surface area contributed by atoms with Gasteiger partial charge >= 0.3 is 0 Å². The van der Waals surface area contributed by atoms with Crippen molar-refractivity contribution in [1.82, 2.24) is 20.1 Å². The van der Waals surface area contributed by atoms with Crippen LogP contribution in [0.5, 0.6) is 0 Å². The lowest BCUT2D eigenvalue weighted by atomic mass is 10.1. The van der Waals surface area contributed by atoms with Crippen LogP contribution in [0.25, 0.3) is 16.8 Å². The Morgan fingerprint density at radius 1 is 0.886 bits per heavy atom. The maximum Gasteiger partial charge on any atom is 0.225 e. The third-order valence-corrected chi connectivity index (χ3v) is 5.67. The number of benzene rings is 2. The fourth-order valence-corrected chi connectivity index (χ4v) is 3.93. The van der Waals surface area contributed by atoms with Gasteiger partial charge in [0.2, 0.25) is 11.8 Å². The van der Waals surface area contributed by atoms with Gasteiger partial charge in [0, 0.05) is 37.3 Å². The van der Waals surface area contributed by atoms with Crippen molar-refractivity contribution in [3.8, 4) is 16.8 Å². The van der Waals surface area contributed by atoms with Crippen molar-refractivity contribution in [2.24, 2.45) is 0 Å². The molecule has 7 nitrogen and oxygen atoms in total. The molecule has 2 heterocycles. The molecular weight excluding hydrogens is 438 g/mol. The number of rotatable bonds is 9. The Morgan fingerprint density at radius 3 is 2.37 bits per heavy atom. The number of amides is 2. The van der Waals surface area contributed by atoms with E-state index in [-0.39, 0.29) is 24.7 Å². The Bertz CT molecular complexity index is 1300. The van der Waals surface area contributed by atoms with E-state index in [0.717, 1.165) is 33.6 Å². The van der Waals surface area contributed by atoms with Crippen LogP contribution in [-0.4, -0.2) is 26.6 Å². The Morgan fingerprint density at radius 2 is 1.63 bits per heavy atom. The summed E-state index contributed by atoms with van der Waals surface area (Å²) >= 11 is 0. The molecule has 0 aliphatic heterocycles. The molecule has 2 amide bonds. The molecule has 0 bridgehead atoms. The van der Waals surface area contributed by atoms with Gasteiger partial charge in [0.15, 0.2) is 0 Å². The summed E-state index contributed by atoms with van der Waals surface area (Å²) in [5, 5.41) is 10.7. The third-order valence-electron chi connectivity index (χ3n) is 5.67. The van der Waals surface area contributed by atoms with Crippen LogP contribution in [0, 0.1) is 13.8 Å². The molecule has 2 N–H and O–H groups in total. The molecule has 7 heteroatoms. The largest absolute Gasteiger partial charge is 0.352 e. The lowest BCUT2D eigenvalue weighted by Crippen LogP contribution is -2.23. The van der Waals surface area contributed by atoms with Crippen LogP contribution in [0.4, 0.5) is 5.82 Å².